The lowest BCUT2D eigenvalue weighted by molar-refractivity contribution is 0.569. The summed E-state index contributed by atoms with van der Waals surface area (Å²) in [6.07, 6.45) is 13.5. The van der Waals surface area contributed by atoms with Crippen molar-refractivity contribution in [2.45, 2.75) is 63.9 Å². The summed E-state index contributed by atoms with van der Waals surface area (Å²) in [5, 5.41) is 0. The summed E-state index contributed by atoms with van der Waals surface area (Å²) in [4.78, 5) is 0. The topological polar surface area (TPSA) is 0 Å². The van der Waals surface area contributed by atoms with Gasteiger partial charge >= 0.3 is 0 Å². The van der Waals surface area contributed by atoms with Crippen LogP contribution in [0, 0.1) is 0 Å². The minimum Gasteiger partial charge on any atom is -0.119 e. The lowest BCUT2D eigenvalue weighted by atomic mass is 10.1. The van der Waals surface area contributed by atoms with Gasteiger partial charge in [-0.1, -0.05) is 39.0 Å². The van der Waals surface area contributed by atoms with Crippen molar-refractivity contribution >= 4 is 8.58 Å². The van der Waals surface area contributed by atoms with Crippen molar-refractivity contribution in [1.82, 2.24) is 0 Å². The number of hydrogen-bond acceptors (Lipinski definition) is 0. The first-order valence-electron chi connectivity index (χ1n) is 5.67. The van der Waals surface area contributed by atoms with Gasteiger partial charge in [0.1, 0.15) is 0 Å². The largest absolute Gasteiger partial charge is 0.119 e. The predicted molar refractivity (Wildman–Crippen MR) is 59.6 cm³/mol. The quantitative estimate of drug-likeness (QED) is 0.446. The van der Waals surface area contributed by atoms with Gasteiger partial charge in [0.15, 0.2) is 0 Å². The molecule has 1 rings (SSSR count). The van der Waals surface area contributed by atoms with E-state index in [2.05, 4.69) is 6.92 Å². The maximum atomic E-state index is 2.29. The average molecular weight is 186 g/mol. The van der Waals surface area contributed by atoms with Crippen molar-refractivity contribution in [3.8, 4) is 0 Å². The number of hydrogen-bond donors (Lipinski definition) is 0. The Bertz CT molecular complexity index is 95.2. The lowest BCUT2D eigenvalue weighted by Gasteiger charge is -2.21. The zero-order valence-corrected chi connectivity index (χ0v) is 9.44. The Morgan fingerprint density at radius 2 is 2.08 bits per heavy atom. The third-order valence-electron chi connectivity index (χ3n) is 2.82. The fourth-order valence-electron chi connectivity index (χ4n) is 1.99. The molecule has 0 aromatic heterocycles. The molecule has 1 aliphatic heterocycles. The van der Waals surface area contributed by atoms with Crippen LogP contribution in [0.1, 0.15) is 58.3 Å². The molecule has 0 bridgehead atoms. The molecule has 1 fully saturated rings. The molecule has 0 aromatic rings. The minimum atomic E-state index is 1.13. The average Bonchev–Trinajstić information content (AvgIpc) is 2.14. The molecule has 0 aromatic carbocycles. The zero-order valence-electron chi connectivity index (χ0n) is 8.44. The molecule has 1 saturated heterocycles. The van der Waals surface area contributed by atoms with Crippen molar-refractivity contribution in [2.75, 3.05) is 6.16 Å². The van der Waals surface area contributed by atoms with Crippen LogP contribution >= 0.6 is 8.58 Å². The highest BCUT2D eigenvalue weighted by molar-refractivity contribution is 7.38. The van der Waals surface area contributed by atoms with E-state index in [0.717, 1.165) is 5.66 Å². The SMILES string of the molecule is CCCCCCC1CCCCP1. The van der Waals surface area contributed by atoms with E-state index in [-0.39, 0.29) is 0 Å². The molecular formula is C11H23P. The molecule has 72 valence electrons. The molecule has 0 N–H and O–H groups in total. The molecule has 0 radical (unpaired) electrons. The fraction of sp³-hybridized carbons (Fsp3) is 1.00. The molecule has 1 heteroatoms. The third kappa shape index (κ3) is 4.45. The van der Waals surface area contributed by atoms with Crippen LogP contribution < -0.4 is 0 Å². The van der Waals surface area contributed by atoms with Gasteiger partial charge in [-0.05, 0) is 31.1 Å². The summed E-state index contributed by atoms with van der Waals surface area (Å²) in [5.74, 6) is 0. The predicted octanol–water partition coefficient (Wildman–Crippen LogP) is 4.19. The number of rotatable bonds is 5. The van der Waals surface area contributed by atoms with E-state index < -0.39 is 0 Å². The minimum absolute atomic E-state index is 1.13. The monoisotopic (exact) mass is 186 g/mol. The Labute approximate surface area is 79.3 Å². The highest BCUT2D eigenvalue weighted by Crippen LogP contribution is 2.34. The van der Waals surface area contributed by atoms with E-state index in [1.807, 2.05) is 0 Å². The Balaban J connectivity index is 1.91. The molecule has 0 nitrogen and oxygen atoms in total. The fourth-order valence-corrected chi connectivity index (χ4v) is 3.67. The maximum absolute atomic E-state index is 2.29. The Morgan fingerprint density at radius 3 is 2.75 bits per heavy atom. The lowest BCUT2D eigenvalue weighted by Crippen LogP contribution is -2.06. The molecule has 0 saturated carbocycles. The van der Waals surface area contributed by atoms with Gasteiger partial charge in [0, 0.05) is 0 Å². The van der Waals surface area contributed by atoms with Crippen molar-refractivity contribution in [2.24, 2.45) is 0 Å². The molecular weight excluding hydrogens is 163 g/mol. The van der Waals surface area contributed by atoms with E-state index in [1.54, 1.807) is 19.0 Å². The molecule has 1 heterocycles. The highest BCUT2D eigenvalue weighted by Gasteiger charge is 2.11. The molecule has 0 aliphatic carbocycles. The maximum Gasteiger partial charge on any atom is -0.0237 e. The Kier molecular flexibility index (Phi) is 6.04. The summed E-state index contributed by atoms with van der Waals surface area (Å²) in [5.41, 5.74) is 1.13. The second-order valence-electron chi connectivity index (χ2n) is 4.00. The van der Waals surface area contributed by atoms with Gasteiger partial charge in [0.05, 0.1) is 0 Å². The first-order chi connectivity index (χ1) is 5.93. The van der Waals surface area contributed by atoms with Crippen LogP contribution in [0.15, 0.2) is 0 Å². The van der Waals surface area contributed by atoms with Crippen LogP contribution in [0.4, 0.5) is 0 Å². The first kappa shape index (κ1) is 10.5. The van der Waals surface area contributed by atoms with Crippen molar-refractivity contribution in [3.05, 3.63) is 0 Å². The highest BCUT2D eigenvalue weighted by atomic mass is 31.1. The first-order valence-corrected chi connectivity index (χ1v) is 6.95. The molecule has 1 aliphatic rings. The van der Waals surface area contributed by atoms with Crippen LogP contribution in [0.25, 0.3) is 0 Å². The van der Waals surface area contributed by atoms with Crippen LogP contribution in [0.2, 0.25) is 0 Å². The summed E-state index contributed by atoms with van der Waals surface area (Å²) < 4.78 is 0. The molecule has 12 heavy (non-hydrogen) atoms. The third-order valence-corrected chi connectivity index (χ3v) is 4.62. The second-order valence-corrected chi connectivity index (χ2v) is 5.72. The van der Waals surface area contributed by atoms with Gasteiger partial charge in [0.2, 0.25) is 0 Å². The summed E-state index contributed by atoms with van der Waals surface area (Å²) in [7, 11) is 1.30. The van der Waals surface area contributed by atoms with Crippen LogP contribution in [-0.4, -0.2) is 11.8 Å². The van der Waals surface area contributed by atoms with E-state index in [0.29, 0.717) is 0 Å². The zero-order chi connectivity index (χ0) is 8.65. The van der Waals surface area contributed by atoms with Gasteiger partial charge in [-0.3, -0.25) is 0 Å². The van der Waals surface area contributed by atoms with Crippen molar-refractivity contribution in [3.63, 3.8) is 0 Å². The Morgan fingerprint density at radius 1 is 1.17 bits per heavy atom. The van der Waals surface area contributed by atoms with Crippen LogP contribution in [0.3, 0.4) is 0 Å². The smallest absolute Gasteiger partial charge is 0.0237 e. The van der Waals surface area contributed by atoms with Gasteiger partial charge < -0.3 is 0 Å². The van der Waals surface area contributed by atoms with Gasteiger partial charge in [-0.25, -0.2) is 0 Å². The van der Waals surface area contributed by atoms with E-state index >= 15 is 0 Å². The normalized spacial score (nSPS) is 26.2. The number of unbranched alkanes of at least 4 members (excludes halogenated alkanes) is 3. The molecule has 0 amide bonds. The van der Waals surface area contributed by atoms with Crippen molar-refractivity contribution in [1.29, 1.82) is 0 Å². The van der Waals surface area contributed by atoms with Gasteiger partial charge in [0.25, 0.3) is 0 Å². The summed E-state index contributed by atoms with van der Waals surface area (Å²) >= 11 is 0. The van der Waals surface area contributed by atoms with E-state index in [9.17, 15) is 0 Å². The molecule has 0 spiro atoms. The molecule has 2 atom stereocenters. The summed E-state index contributed by atoms with van der Waals surface area (Å²) in [6.45, 7) is 2.29. The summed E-state index contributed by atoms with van der Waals surface area (Å²) in [6, 6.07) is 0. The van der Waals surface area contributed by atoms with Crippen LogP contribution in [0.5, 0.6) is 0 Å². The Hall–Kier alpha value is 0.430. The molecule has 2 unspecified atom stereocenters. The van der Waals surface area contributed by atoms with E-state index in [1.165, 1.54) is 47.1 Å². The van der Waals surface area contributed by atoms with Crippen molar-refractivity contribution < 1.29 is 0 Å². The van der Waals surface area contributed by atoms with Gasteiger partial charge in [-0.15, -0.1) is 8.58 Å². The standard InChI is InChI=1S/C11H23P/c1-2-3-4-5-8-11-9-6-7-10-12-11/h11-12H,2-10H2,1H3. The van der Waals surface area contributed by atoms with Crippen LogP contribution in [-0.2, 0) is 0 Å². The van der Waals surface area contributed by atoms with Gasteiger partial charge in [-0.2, -0.15) is 0 Å². The van der Waals surface area contributed by atoms with E-state index in [4.69, 9.17) is 0 Å². The second kappa shape index (κ2) is 6.89.